The van der Waals surface area contributed by atoms with E-state index in [0.29, 0.717) is 0 Å². The SMILES string of the molecule is OC1CCNCC12CCSCC2. The fraction of sp³-hybridized carbons (Fsp3) is 1.00. The molecule has 0 bridgehead atoms. The molecule has 0 aromatic heterocycles. The van der Waals surface area contributed by atoms with Crippen LogP contribution in [0.1, 0.15) is 19.3 Å². The van der Waals surface area contributed by atoms with E-state index in [1.807, 2.05) is 11.8 Å². The van der Waals surface area contributed by atoms with E-state index in [2.05, 4.69) is 5.32 Å². The van der Waals surface area contributed by atoms with Crippen molar-refractivity contribution < 1.29 is 5.11 Å². The maximum absolute atomic E-state index is 9.94. The lowest BCUT2D eigenvalue weighted by Gasteiger charge is -2.44. The summed E-state index contributed by atoms with van der Waals surface area (Å²) in [7, 11) is 0. The van der Waals surface area contributed by atoms with Crippen molar-refractivity contribution in [1.29, 1.82) is 0 Å². The van der Waals surface area contributed by atoms with Gasteiger partial charge in [0.25, 0.3) is 0 Å². The van der Waals surface area contributed by atoms with Gasteiger partial charge in [0.15, 0.2) is 0 Å². The Morgan fingerprint density at radius 3 is 2.75 bits per heavy atom. The molecule has 0 radical (unpaired) electrons. The van der Waals surface area contributed by atoms with Crippen LogP contribution in [0.15, 0.2) is 0 Å². The molecular weight excluding hydrogens is 170 g/mol. The van der Waals surface area contributed by atoms with Gasteiger partial charge in [-0.25, -0.2) is 0 Å². The van der Waals surface area contributed by atoms with Gasteiger partial charge in [-0.2, -0.15) is 11.8 Å². The maximum Gasteiger partial charge on any atom is 0.0621 e. The summed E-state index contributed by atoms with van der Waals surface area (Å²) < 4.78 is 0. The van der Waals surface area contributed by atoms with Gasteiger partial charge in [0.1, 0.15) is 0 Å². The molecule has 0 amide bonds. The van der Waals surface area contributed by atoms with E-state index >= 15 is 0 Å². The van der Waals surface area contributed by atoms with Gasteiger partial charge in [0.05, 0.1) is 6.10 Å². The largest absolute Gasteiger partial charge is 0.392 e. The molecule has 2 saturated heterocycles. The topological polar surface area (TPSA) is 32.3 Å². The molecule has 2 aliphatic heterocycles. The molecule has 1 spiro atoms. The predicted molar refractivity (Wildman–Crippen MR) is 52.5 cm³/mol. The van der Waals surface area contributed by atoms with Crippen molar-refractivity contribution in [1.82, 2.24) is 5.32 Å². The first-order valence-electron chi connectivity index (χ1n) is 4.80. The number of aliphatic hydroxyl groups excluding tert-OH is 1. The number of hydrogen-bond acceptors (Lipinski definition) is 3. The normalized spacial score (nSPS) is 35.2. The molecule has 0 aromatic carbocycles. The van der Waals surface area contributed by atoms with Crippen LogP contribution in [0.5, 0.6) is 0 Å². The number of nitrogens with one attached hydrogen (secondary N) is 1. The number of aliphatic hydroxyl groups is 1. The van der Waals surface area contributed by atoms with Crippen LogP contribution in [0.25, 0.3) is 0 Å². The fourth-order valence-electron chi connectivity index (χ4n) is 2.29. The molecule has 2 nitrogen and oxygen atoms in total. The van der Waals surface area contributed by atoms with Gasteiger partial charge in [0.2, 0.25) is 0 Å². The first-order valence-corrected chi connectivity index (χ1v) is 5.95. The average molecular weight is 187 g/mol. The third-order valence-electron chi connectivity index (χ3n) is 3.27. The number of piperidine rings is 1. The van der Waals surface area contributed by atoms with Gasteiger partial charge in [-0.05, 0) is 37.3 Å². The van der Waals surface area contributed by atoms with Crippen molar-refractivity contribution in [2.75, 3.05) is 24.6 Å². The van der Waals surface area contributed by atoms with E-state index in [4.69, 9.17) is 0 Å². The maximum atomic E-state index is 9.94. The zero-order valence-corrected chi connectivity index (χ0v) is 8.20. The van der Waals surface area contributed by atoms with Gasteiger partial charge in [0, 0.05) is 12.0 Å². The van der Waals surface area contributed by atoms with Crippen LogP contribution in [0.4, 0.5) is 0 Å². The van der Waals surface area contributed by atoms with Gasteiger partial charge in [-0.15, -0.1) is 0 Å². The van der Waals surface area contributed by atoms with Crippen molar-refractivity contribution in [3.8, 4) is 0 Å². The minimum absolute atomic E-state index is 0.0420. The second kappa shape index (κ2) is 3.56. The molecule has 2 rings (SSSR count). The minimum atomic E-state index is -0.0420. The summed E-state index contributed by atoms with van der Waals surface area (Å²) in [5.41, 5.74) is 0.240. The van der Waals surface area contributed by atoms with Crippen molar-refractivity contribution in [2.24, 2.45) is 5.41 Å². The third-order valence-corrected chi connectivity index (χ3v) is 4.25. The van der Waals surface area contributed by atoms with Gasteiger partial charge < -0.3 is 10.4 Å². The summed E-state index contributed by atoms with van der Waals surface area (Å²) in [6.45, 7) is 2.03. The fourth-order valence-corrected chi connectivity index (χ4v) is 3.59. The van der Waals surface area contributed by atoms with E-state index in [1.165, 1.54) is 24.3 Å². The Labute approximate surface area is 78.1 Å². The van der Waals surface area contributed by atoms with Gasteiger partial charge in [-0.1, -0.05) is 0 Å². The molecule has 2 aliphatic rings. The Bertz CT molecular complexity index is 148. The van der Waals surface area contributed by atoms with E-state index in [0.717, 1.165) is 19.5 Å². The van der Waals surface area contributed by atoms with E-state index in [1.54, 1.807) is 0 Å². The number of thioether (sulfide) groups is 1. The Balaban J connectivity index is 2.04. The molecule has 12 heavy (non-hydrogen) atoms. The number of rotatable bonds is 0. The summed E-state index contributed by atoms with van der Waals surface area (Å²) in [5.74, 6) is 2.47. The Kier molecular flexibility index (Phi) is 2.63. The highest BCUT2D eigenvalue weighted by molar-refractivity contribution is 7.99. The number of hydrogen-bond donors (Lipinski definition) is 2. The molecule has 70 valence electrons. The highest BCUT2D eigenvalue weighted by Crippen LogP contribution is 2.39. The van der Waals surface area contributed by atoms with Crippen LogP contribution in [-0.2, 0) is 0 Å². The van der Waals surface area contributed by atoms with Gasteiger partial charge in [-0.3, -0.25) is 0 Å². The third kappa shape index (κ3) is 1.50. The monoisotopic (exact) mass is 187 g/mol. The zero-order chi connectivity index (χ0) is 8.44. The van der Waals surface area contributed by atoms with Crippen LogP contribution in [-0.4, -0.2) is 35.8 Å². The van der Waals surface area contributed by atoms with Crippen molar-refractivity contribution in [2.45, 2.75) is 25.4 Å². The summed E-state index contributed by atoms with van der Waals surface area (Å²) >= 11 is 2.03. The van der Waals surface area contributed by atoms with Crippen LogP contribution in [0.3, 0.4) is 0 Å². The lowest BCUT2D eigenvalue weighted by Crippen LogP contribution is -2.51. The van der Waals surface area contributed by atoms with Crippen molar-refractivity contribution in [3.05, 3.63) is 0 Å². The van der Waals surface area contributed by atoms with Crippen molar-refractivity contribution in [3.63, 3.8) is 0 Å². The molecule has 1 unspecified atom stereocenters. The predicted octanol–water partition coefficient (Wildman–Crippen LogP) is 0.854. The molecule has 1 atom stereocenters. The molecule has 2 fully saturated rings. The lowest BCUT2D eigenvalue weighted by molar-refractivity contribution is -0.00670. The van der Waals surface area contributed by atoms with E-state index < -0.39 is 0 Å². The summed E-state index contributed by atoms with van der Waals surface area (Å²) in [4.78, 5) is 0. The Hall–Kier alpha value is 0.270. The zero-order valence-electron chi connectivity index (χ0n) is 7.38. The van der Waals surface area contributed by atoms with Gasteiger partial charge >= 0.3 is 0 Å². The standard InChI is InChI=1S/C9H17NOS/c11-8-1-4-10-7-9(8)2-5-12-6-3-9/h8,10-11H,1-7H2. The molecule has 2 heterocycles. The minimum Gasteiger partial charge on any atom is -0.392 e. The summed E-state index contributed by atoms with van der Waals surface area (Å²) in [6, 6.07) is 0. The highest BCUT2D eigenvalue weighted by atomic mass is 32.2. The van der Waals surface area contributed by atoms with Crippen LogP contribution in [0, 0.1) is 5.41 Å². The summed E-state index contributed by atoms with van der Waals surface area (Å²) in [5, 5.41) is 13.3. The lowest BCUT2D eigenvalue weighted by atomic mass is 9.73. The molecule has 0 aliphatic carbocycles. The van der Waals surface area contributed by atoms with Crippen LogP contribution >= 0.6 is 11.8 Å². The van der Waals surface area contributed by atoms with Crippen LogP contribution in [0.2, 0.25) is 0 Å². The van der Waals surface area contributed by atoms with Crippen molar-refractivity contribution >= 4 is 11.8 Å². The molecule has 3 heteroatoms. The van der Waals surface area contributed by atoms with E-state index in [-0.39, 0.29) is 11.5 Å². The Morgan fingerprint density at radius 1 is 1.33 bits per heavy atom. The highest BCUT2D eigenvalue weighted by Gasteiger charge is 2.40. The molecule has 0 aromatic rings. The molecular formula is C9H17NOS. The van der Waals surface area contributed by atoms with E-state index in [9.17, 15) is 5.11 Å². The average Bonchev–Trinajstić information content (AvgIpc) is 2.12. The van der Waals surface area contributed by atoms with Crippen LogP contribution < -0.4 is 5.32 Å². The molecule has 0 saturated carbocycles. The first-order chi connectivity index (χ1) is 5.83. The smallest absolute Gasteiger partial charge is 0.0621 e. The quantitative estimate of drug-likeness (QED) is 0.590. The first kappa shape index (κ1) is 8.85. The Morgan fingerprint density at radius 2 is 2.08 bits per heavy atom. The second-order valence-electron chi connectivity index (χ2n) is 3.96. The second-order valence-corrected chi connectivity index (χ2v) is 5.18. The summed E-state index contributed by atoms with van der Waals surface area (Å²) in [6.07, 6.45) is 3.31. The molecule has 2 N–H and O–H groups in total.